The Bertz CT molecular complexity index is 757. The van der Waals surface area contributed by atoms with Crippen molar-refractivity contribution in [3.8, 4) is 0 Å². The van der Waals surface area contributed by atoms with E-state index in [1.165, 1.54) is 28.6 Å². The maximum Gasteiger partial charge on any atom is 0.338 e. The Morgan fingerprint density at radius 2 is 1.81 bits per heavy atom. The lowest BCUT2D eigenvalue weighted by atomic mass is 10.0. The first-order valence-corrected chi connectivity index (χ1v) is 10.8. The highest BCUT2D eigenvalue weighted by atomic mass is 32.2. The van der Waals surface area contributed by atoms with E-state index in [1.54, 1.807) is 18.7 Å². The molecule has 7 nitrogen and oxygen atoms in total. The topological polar surface area (TPSA) is 84.0 Å². The molecule has 0 unspecified atom stereocenters. The summed E-state index contributed by atoms with van der Waals surface area (Å²) in [6, 6.07) is 5.59. The highest BCUT2D eigenvalue weighted by molar-refractivity contribution is 7.89. The standard InChI is InChI=1S/C19H28N2O5S/c1-4-21(5-2)27(24,25)17-10-8-16(9-11-17)19(23)26-14-18(22)20-12-6-7-15(3)13-20/h8-11,15H,4-7,12-14H2,1-3H3/t15-/m0/s1. The van der Waals surface area contributed by atoms with Crippen molar-refractivity contribution in [1.82, 2.24) is 9.21 Å². The van der Waals surface area contributed by atoms with Gasteiger partial charge in [0, 0.05) is 26.2 Å². The summed E-state index contributed by atoms with van der Waals surface area (Å²) in [4.78, 5) is 26.2. The summed E-state index contributed by atoms with van der Waals surface area (Å²) in [5.74, 6) is -0.380. The van der Waals surface area contributed by atoms with Crippen molar-refractivity contribution in [3.63, 3.8) is 0 Å². The number of carbonyl (C=O) groups is 2. The SMILES string of the molecule is CCN(CC)S(=O)(=O)c1ccc(C(=O)OCC(=O)N2CCC[C@H](C)C2)cc1. The van der Waals surface area contributed by atoms with Gasteiger partial charge in [0.2, 0.25) is 10.0 Å². The van der Waals surface area contributed by atoms with Gasteiger partial charge in [0.05, 0.1) is 10.5 Å². The first kappa shape index (κ1) is 21.4. The Kier molecular flexibility index (Phi) is 7.38. The van der Waals surface area contributed by atoms with E-state index in [4.69, 9.17) is 4.74 Å². The molecule has 0 spiro atoms. The van der Waals surface area contributed by atoms with Crippen LogP contribution in [-0.4, -0.2) is 62.3 Å². The van der Waals surface area contributed by atoms with Crippen LogP contribution in [0.15, 0.2) is 29.2 Å². The second-order valence-corrected chi connectivity index (χ2v) is 8.71. The van der Waals surface area contributed by atoms with Crippen LogP contribution in [0.5, 0.6) is 0 Å². The fraction of sp³-hybridized carbons (Fsp3) is 0.579. The smallest absolute Gasteiger partial charge is 0.338 e. The molecule has 1 aromatic carbocycles. The van der Waals surface area contributed by atoms with Crippen molar-refractivity contribution < 1.29 is 22.7 Å². The van der Waals surface area contributed by atoms with Gasteiger partial charge in [-0.3, -0.25) is 4.79 Å². The van der Waals surface area contributed by atoms with Crippen LogP contribution >= 0.6 is 0 Å². The molecule has 8 heteroatoms. The zero-order valence-corrected chi connectivity index (χ0v) is 17.0. The molecule has 1 saturated heterocycles. The molecule has 1 aromatic rings. The number of hydrogen-bond donors (Lipinski definition) is 0. The molecule has 0 radical (unpaired) electrons. The maximum absolute atomic E-state index is 12.5. The van der Waals surface area contributed by atoms with E-state index in [1.807, 2.05) is 0 Å². The Labute approximate surface area is 161 Å². The van der Waals surface area contributed by atoms with E-state index < -0.39 is 16.0 Å². The molecule has 1 fully saturated rings. The summed E-state index contributed by atoms with van der Waals surface area (Å²) >= 11 is 0. The van der Waals surface area contributed by atoms with Crippen LogP contribution in [0.3, 0.4) is 0 Å². The first-order valence-electron chi connectivity index (χ1n) is 9.34. The Morgan fingerprint density at radius 3 is 2.37 bits per heavy atom. The van der Waals surface area contributed by atoms with E-state index in [9.17, 15) is 18.0 Å². The molecule has 0 saturated carbocycles. The number of sulfonamides is 1. The van der Waals surface area contributed by atoms with Crippen molar-refractivity contribution in [3.05, 3.63) is 29.8 Å². The molecular weight excluding hydrogens is 368 g/mol. The lowest BCUT2D eigenvalue weighted by molar-refractivity contribution is -0.136. The largest absolute Gasteiger partial charge is 0.452 e. The average molecular weight is 397 g/mol. The van der Waals surface area contributed by atoms with Crippen LogP contribution in [0.1, 0.15) is 44.0 Å². The van der Waals surface area contributed by atoms with Gasteiger partial charge in [0.25, 0.3) is 5.91 Å². The summed E-state index contributed by atoms with van der Waals surface area (Å²) in [7, 11) is -3.57. The van der Waals surface area contributed by atoms with Crippen molar-refractivity contribution in [2.24, 2.45) is 5.92 Å². The third kappa shape index (κ3) is 5.29. The molecule has 1 amide bonds. The first-order chi connectivity index (χ1) is 12.8. The molecule has 2 rings (SSSR count). The van der Waals surface area contributed by atoms with Gasteiger partial charge >= 0.3 is 5.97 Å². The van der Waals surface area contributed by atoms with E-state index >= 15 is 0 Å². The number of ether oxygens (including phenoxy) is 1. The zero-order chi connectivity index (χ0) is 20.0. The number of piperidine rings is 1. The molecule has 1 heterocycles. The fourth-order valence-electron chi connectivity index (χ4n) is 3.19. The summed E-state index contributed by atoms with van der Waals surface area (Å²) in [5.41, 5.74) is 0.216. The van der Waals surface area contributed by atoms with Crippen molar-refractivity contribution in [2.45, 2.75) is 38.5 Å². The summed E-state index contributed by atoms with van der Waals surface area (Å²) in [6.45, 7) is 7.47. The fourth-order valence-corrected chi connectivity index (χ4v) is 4.65. The summed E-state index contributed by atoms with van der Waals surface area (Å²) in [5, 5.41) is 0. The van der Waals surface area contributed by atoms with E-state index in [-0.39, 0.29) is 23.0 Å². The van der Waals surface area contributed by atoms with Gasteiger partial charge in [-0.05, 0) is 43.0 Å². The predicted molar refractivity (Wildman–Crippen MR) is 102 cm³/mol. The van der Waals surface area contributed by atoms with E-state index in [0.717, 1.165) is 12.8 Å². The molecule has 27 heavy (non-hydrogen) atoms. The van der Waals surface area contributed by atoms with Crippen LogP contribution in [0.4, 0.5) is 0 Å². The van der Waals surface area contributed by atoms with Gasteiger partial charge in [-0.1, -0.05) is 20.8 Å². The van der Waals surface area contributed by atoms with Gasteiger partial charge in [0.15, 0.2) is 6.61 Å². The number of benzene rings is 1. The molecule has 150 valence electrons. The maximum atomic E-state index is 12.5. The Hall–Kier alpha value is -1.93. The van der Waals surface area contributed by atoms with Crippen LogP contribution in [-0.2, 0) is 19.6 Å². The Balaban J connectivity index is 1.96. The summed E-state index contributed by atoms with van der Waals surface area (Å²) in [6.07, 6.45) is 2.07. The molecule has 1 aliphatic heterocycles. The van der Waals surface area contributed by atoms with Gasteiger partial charge in [-0.25, -0.2) is 13.2 Å². The number of carbonyl (C=O) groups excluding carboxylic acids is 2. The van der Waals surface area contributed by atoms with Crippen LogP contribution in [0.25, 0.3) is 0 Å². The van der Waals surface area contributed by atoms with Gasteiger partial charge in [-0.15, -0.1) is 0 Å². The van der Waals surface area contributed by atoms with Crippen molar-refractivity contribution >= 4 is 21.9 Å². The zero-order valence-electron chi connectivity index (χ0n) is 16.2. The average Bonchev–Trinajstić information content (AvgIpc) is 2.66. The predicted octanol–water partition coefficient (Wildman–Crippen LogP) is 2.13. The van der Waals surface area contributed by atoms with Gasteiger partial charge in [0.1, 0.15) is 0 Å². The number of likely N-dealkylation sites (tertiary alicyclic amines) is 1. The number of hydrogen-bond acceptors (Lipinski definition) is 5. The van der Waals surface area contributed by atoms with E-state index in [2.05, 4.69) is 6.92 Å². The summed E-state index contributed by atoms with van der Waals surface area (Å²) < 4.78 is 31.4. The molecular formula is C19H28N2O5S. The van der Waals surface area contributed by atoms with Gasteiger partial charge < -0.3 is 9.64 Å². The quantitative estimate of drug-likeness (QED) is 0.659. The highest BCUT2D eigenvalue weighted by Crippen LogP contribution is 2.17. The Morgan fingerprint density at radius 1 is 1.19 bits per heavy atom. The highest BCUT2D eigenvalue weighted by Gasteiger charge is 2.23. The van der Waals surface area contributed by atoms with Crippen LogP contribution < -0.4 is 0 Å². The van der Waals surface area contributed by atoms with Crippen LogP contribution in [0.2, 0.25) is 0 Å². The van der Waals surface area contributed by atoms with Crippen molar-refractivity contribution in [2.75, 3.05) is 32.8 Å². The third-order valence-corrected chi connectivity index (χ3v) is 6.83. The lowest BCUT2D eigenvalue weighted by Gasteiger charge is -2.30. The second kappa shape index (κ2) is 9.32. The monoisotopic (exact) mass is 396 g/mol. The minimum Gasteiger partial charge on any atom is -0.452 e. The van der Waals surface area contributed by atoms with Crippen molar-refractivity contribution in [1.29, 1.82) is 0 Å². The number of rotatable bonds is 7. The minimum absolute atomic E-state index is 0.126. The number of amides is 1. The molecule has 0 bridgehead atoms. The number of esters is 1. The second-order valence-electron chi connectivity index (χ2n) is 6.78. The third-order valence-electron chi connectivity index (χ3n) is 4.77. The molecule has 1 aliphatic rings. The van der Waals surface area contributed by atoms with E-state index in [0.29, 0.717) is 32.1 Å². The minimum atomic E-state index is -3.57. The lowest BCUT2D eigenvalue weighted by Crippen LogP contribution is -2.41. The molecule has 0 aromatic heterocycles. The van der Waals surface area contributed by atoms with Crippen LogP contribution in [0, 0.1) is 5.92 Å². The number of nitrogens with zero attached hydrogens (tertiary/aromatic N) is 2. The normalized spacial score (nSPS) is 17.8. The molecule has 0 aliphatic carbocycles. The van der Waals surface area contributed by atoms with Gasteiger partial charge in [-0.2, -0.15) is 4.31 Å². The molecule has 0 N–H and O–H groups in total. The molecule has 1 atom stereocenters.